The van der Waals surface area contributed by atoms with Crippen LogP contribution in [0.3, 0.4) is 0 Å². The Bertz CT molecular complexity index is 1070. The number of phenols is 2. The minimum atomic E-state index is -0.0680. The summed E-state index contributed by atoms with van der Waals surface area (Å²) >= 11 is 0. The number of benzene rings is 2. The average molecular weight is 447 g/mol. The van der Waals surface area contributed by atoms with E-state index in [9.17, 15) is 10.2 Å². The maximum atomic E-state index is 11.4. The second-order valence-corrected chi connectivity index (χ2v) is 12.9. The molecule has 0 saturated heterocycles. The van der Waals surface area contributed by atoms with Crippen molar-refractivity contribution in [2.24, 2.45) is 23.7 Å². The molecule has 2 heteroatoms. The number of rotatable bonds is 3. The maximum absolute atomic E-state index is 11.4. The van der Waals surface area contributed by atoms with Crippen LogP contribution >= 0.6 is 0 Å². The summed E-state index contributed by atoms with van der Waals surface area (Å²) < 4.78 is 0. The molecule has 3 fully saturated rings. The first kappa shape index (κ1) is 22.8. The smallest absolute Gasteiger partial charge is 0.122 e. The third kappa shape index (κ3) is 3.60. The van der Waals surface area contributed by atoms with Crippen molar-refractivity contribution in [2.45, 2.75) is 97.3 Å². The van der Waals surface area contributed by atoms with Gasteiger partial charge in [-0.05, 0) is 109 Å². The van der Waals surface area contributed by atoms with E-state index in [0.717, 1.165) is 23.0 Å². The lowest BCUT2D eigenvalue weighted by atomic mass is 9.68. The van der Waals surface area contributed by atoms with Crippen molar-refractivity contribution < 1.29 is 10.2 Å². The number of phenolic OH excluding ortho intramolecular Hbond substituents is 2. The fourth-order valence-electron chi connectivity index (χ4n) is 8.05. The third-order valence-electron chi connectivity index (χ3n) is 9.34. The van der Waals surface area contributed by atoms with Gasteiger partial charge in [0, 0.05) is 0 Å². The second-order valence-electron chi connectivity index (χ2n) is 12.9. The Balaban J connectivity index is 1.54. The Morgan fingerprint density at radius 1 is 0.788 bits per heavy atom. The zero-order chi connectivity index (χ0) is 23.8. The lowest BCUT2D eigenvalue weighted by Gasteiger charge is -2.36. The number of hydrogen-bond acceptors (Lipinski definition) is 2. The molecule has 0 spiro atoms. The van der Waals surface area contributed by atoms with Crippen LogP contribution in [0.15, 0.2) is 24.3 Å². The molecule has 0 aromatic heterocycles. The van der Waals surface area contributed by atoms with E-state index < -0.39 is 0 Å². The van der Waals surface area contributed by atoms with Crippen LogP contribution in [0.1, 0.15) is 111 Å². The summed E-state index contributed by atoms with van der Waals surface area (Å²) in [7, 11) is 0. The van der Waals surface area contributed by atoms with Gasteiger partial charge in [0.1, 0.15) is 11.5 Å². The molecule has 2 aromatic carbocycles. The van der Waals surface area contributed by atoms with Gasteiger partial charge in [-0.3, -0.25) is 0 Å². The fraction of sp³-hybridized carbons (Fsp3) is 0.613. The molecular weight excluding hydrogens is 404 g/mol. The molecule has 0 amide bonds. The van der Waals surface area contributed by atoms with Gasteiger partial charge in [-0.15, -0.1) is 0 Å². The molecule has 178 valence electrons. The molecule has 6 atom stereocenters. The van der Waals surface area contributed by atoms with E-state index in [1.54, 1.807) is 0 Å². The number of aromatic hydroxyl groups is 2. The molecule has 6 unspecified atom stereocenters. The summed E-state index contributed by atoms with van der Waals surface area (Å²) in [6, 6.07) is 8.86. The zero-order valence-electron chi connectivity index (χ0n) is 21.6. The molecule has 5 rings (SSSR count). The molecule has 2 N–H and O–H groups in total. The first-order valence-electron chi connectivity index (χ1n) is 13.1. The highest BCUT2D eigenvalue weighted by molar-refractivity contribution is 5.51. The molecule has 2 nitrogen and oxygen atoms in total. The highest BCUT2D eigenvalue weighted by Crippen LogP contribution is 2.68. The Hall–Kier alpha value is -1.96. The van der Waals surface area contributed by atoms with Crippen molar-refractivity contribution in [3.8, 4) is 11.5 Å². The molecule has 3 saturated carbocycles. The van der Waals surface area contributed by atoms with Gasteiger partial charge in [0.2, 0.25) is 0 Å². The van der Waals surface area contributed by atoms with Crippen molar-refractivity contribution in [2.75, 3.05) is 0 Å². The van der Waals surface area contributed by atoms with E-state index in [1.807, 2.05) is 0 Å². The largest absolute Gasteiger partial charge is 0.507 e. The van der Waals surface area contributed by atoms with Gasteiger partial charge < -0.3 is 10.2 Å². The maximum Gasteiger partial charge on any atom is 0.122 e. The van der Waals surface area contributed by atoms with Gasteiger partial charge in [0.25, 0.3) is 0 Å². The van der Waals surface area contributed by atoms with Crippen LogP contribution in [0.25, 0.3) is 0 Å². The third-order valence-corrected chi connectivity index (χ3v) is 9.34. The van der Waals surface area contributed by atoms with Crippen LogP contribution in [0.5, 0.6) is 11.5 Å². The van der Waals surface area contributed by atoms with Gasteiger partial charge in [-0.25, -0.2) is 0 Å². The summed E-state index contributed by atoms with van der Waals surface area (Å²) in [6.07, 6.45) is 4.99. The lowest BCUT2D eigenvalue weighted by molar-refractivity contribution is 0.213. The van der Waals surface area contributed by atoms with E-state index in [2.05, 4.69) is 72.7 Å². The van der Waals surface area contributed by atoms with Gasteiger partial charge in [-0.1, -0.05) is 70.0 Å². The lowest BCUT2D eigenvalue weighted by Crippen LogP contribution is -2.27. The summed E-state index contributed by atoms with van der Waals surface area (Å²) in [5.41, 5.74) is 7.02. The Morgan fingerprint density at radius 2 is 1.42 bits per heavy atom. The van der Waals surface area contributed by atoms with Gasteiger partial charge in [0.05, 0.1) is 0 Å². The highest BCUT2D eigenvalue weighted by atomic mass is 16.3. The minimum absolute atomic E-state index is 0.0680. The number of hydrogen-bond donors (Lipinski definition) is 2. The van der Waals surface area contributed by atoms with Crippen LogP contribution in [-0.2, 0) is 5.41 Å². The Kier molecular flexibility index (Phi) is 5.38. The van der Waals surface area contributed by atoms with Crippen LogP contribution in [0.2, 0.25) is 0 Å². The van der Waals surface area contributed by atoms with Crippen molar-refractivity contribution in [3.63, 3.8) is 0 Å². The van der Waals surface area contributed by atoms with Crippen molar-refractivity contribution >= 4 is 0 Å². The monoisotopic (exact) mass is 446 g/mol. The van der Waals surface area contributed by atoms with Crippen molar-refractivity contribution in [1.29, 1.82) is 0 Å². The Labute approximate surface area is 200 Å². The molecular formula is C31H42O2. The Morgan fingerprint density at radius 3 is 2.06 bits per heavy atom. The predicted octanol–water partition coefficient (Wildman–Crippen LogP) is 8.07. The fourth-order valence-corrected chi connectivity index (χ4v) is 8.05. The van der Waals surface area contributed by atoms with Crippen LogP contribution in [0.4, 0.5) is 0 Å². The SMILES string of the molecule is Cc1cc(C(C)C)c(O)c(C2CCC3C4CC(c5cc(C)cc(C(C)(C)C)c5O)C(C4)C23)c1. The predicted molar refractivity (Wildman–Crippen MR) is 136 cm³/mol. The molecule has 33 heavy (non-hydrogen) atoms. The van der Waals surface area contributed by atoms with E-state index in [1.165, 1.54) is 47.9 Å². The summed E-state index contributed by atoms with van der Waals surface area (Å²) in [5.74, 6) is 5.08. The minimum Gasteiger partial charge on any atom is -0.507 e. The van der Waals surface area contributed by atoms with Crippen LogP contribution in [-0.4, -0.2) is 10.2 Å². The van der Waals surface area contributed by atoms with E-state index in [0.29, 0.717) is 41.1 Å². The first-order valence-corrected chi connectivity index (χ1v) is 13.1. The van der Waals surface area contributed by atoms with E-state index in [-0.39, 0.29) is 5.41 Å². The topological polar surface area (TPSA) is 40.5 Å². The van der Waals surface area contributed by atoms with E-state index in [4.69, 9.17) is 0 Å². The van der Waals surface area contributed by atoms with Gasteiger partial charge >= 0.3 is 0 Å². The number of fused-ring (bicyclic) bond motifs is 5. The van der Waals surface area contributed by atoms with Crippen LogP contribution in [0, 0.1) is 37.5 Å². The summed E-state index contributed by atoms with van der Waals surface area (Å²) in [4.78, 5) is 0. The van der Waals surface area contributed by atoms with E-state index >= 15 is 0 Å². The molecule has 0 radical (unpaired) electrons. The van der Waals surface area contributed by atoms with Gasteiger partial charge in [-0.2, -0.15) is 0 Å². The van der Waals surface area contributed by atoms with Crippen molar-refractivity contribution in [3.05, 3.63) is 57.6 Å². The molecule has 2 aromatic rings. The van der Waals surface area contributed by atoms with Crippen LogP contribution < -0.4 is 0 Å². The standard InChI is InChI=1S/C31H42O2/c1-16(2)22-10-17(3)11-25(29(22)32)21-9-8-20-19-14-23(24(15-19)28(20)21)26-12-18(4)13-27(30(26)33)31(5,6)7/h10-13,16,19-21,23-24,28,32-33H,8-9,14-15H2,1-7H3. The normalized spacial score (nSPS) is 30.9. The molecule has 0 heterocycles. The average Bonchev–Trinajstić information content (AvgIpc) is 3.42. The molecule has 0 aliphatic heterocycles. The molecule has 2 bridgehead atoms. The van der Waals surface area contributed by atoms with Crippen molar-refractivity contribution in [1.82, 2.24) is 0 Å². The highest BCUT2D eigenvalue weighted by Gasteiger charge is 2.58. The van der Waals surface area contributed by atoms with Gasteiger partial charge in [0.15, 0.2) is 0 Å². The first-order chi connectivity index (χ1) is 15.5. The second kappa shape index (κ2) is 7.79. The molecule has 3 aliphatic rings. The number of aryl methyl sites for hydroxylation is 2. The molecule has 3 aliphatic carbocycles. The summed E-state index contributed by atoms with van der Waals surface area (Å²) in [5, 5.41) is 22.7. The quantitative estimate of drug-likeness (QED) is 0.500. The zero-order valence-corrected chi connectivity index (χ0v) is 21.6. The summed E-state index contributed by atoms with van der Waals surface area (Å²) in [6.45, 7) is 15.3.